The van der Waals surface area contributed by atoms with Gasteiger partial charge in [0.05, 0.1) is 0 Å². The number of rotatable bonds is 2. The molecule has 2 heterocycles. The Bertz CT molecular complexity index is 939. The van der Waals surface area contributed by atoms with E-state index < -0.39 is 0 Å². The van der Waals surface area contributed by atoms with Crippen LogP contribution in [-0.4, -0.2) is 14.5 Å². The third-order valence-corrected chi connectivity index (χ3v) is 3.91. The van der Waals surface area contributed by atoms with Gasteiger partial charge in [0.2, 0.25) is 0 Å². The number of aryl methyl sites for hydroxylation is 1. The summed E-state index contributed by atoms with van der Waals surface area (Å²) in [7, 11) is 0. The van der Waals surface area contributed by atoms with Gasteiger partial charge in [-0.15, -0.1) is 0 Å². The van der Waals surface area contributed by atoms with Gasteiger partial charge in [0.15, 0.2) is 0 Å². The molecule has 3 heteroatoms. The van der Waals surface area contributed by atoms with E-state index in [1.807, 2.05) is 30.0 Å². The molecule has 106 valence electrons. The van der Waals surface area contributed by atoms with Crippen LogP contribution in [0, 0.1) is 6.92 Å². The lowest BCUT2D eigenvalue weighted by Crippen LogP contribution is -2.00. The van der Waals surface area contributed by atoms with Gasteiger partial charge >= 0.3 is 0 Å². The van der Waals surface area contributed by atoms with Crippen LogP contribution in [-0.2, 0) is 0 Å². The van der Waals surface area contributed by atoms with Crippen LogP contribution in [0.3, 0.4) is 0 Å². The highest BCUT2D eigenvalue weighted by Gasteiger charge is 2.11. The highest BCUT2D eigenvalue weighted by atomic mass is 15.1. The molecule has 4 rings (SSSR count). The molecule has 2 aromatic carbocycles. The lowest BCUT2D eigenvalue weighted by Gasteiger charge is -2.12. The molecule has 0 saturated carbocycles. The Morgan fingerprint density at radius 2 is 1.55 bits per heavy atom. The van der Waals surface area contributed by atoms with Crippen LogP contribution in [0.1, 0.15) is 5.82 Å². The molecule has 22 heavy (non-hydrogen) atoms. The first-order chi connectivity index (χ1) is 10.8. The Kier molecular flexibility index (Phi) is 2.97. The maximum Gasteiger partial charge on any atom is 0.145 e. The van der Waals surface area contributed by atoms with E-state index >= 15 is 0 Å². The number of nitrogens with zero attached hydrogens (tertiary/aromatic N) is 3. The van der Waals surface area contributed by atoms with Crippen LogP contribution in [0.2, 0.25) is 0 Å². The smallest absolute Gasteiger partial charge is 0.145 e. The number of pyridine rings is 1. The molecule has 0 amide bonds. The van der Waals surface area contributed by atoms with Crippen molar-refractivity contribution >= 4 is 10.8 Å². The maximum atomic E-state index is 4.71. The van der Waals surface area contributed by atoms with E-state index in [0.29, 0.717) is 0 Å². The Labute approximate surface area is 128 Å². The molecule has 0 bridgehead atoms. The van der Waals surface area contributed by atoms with Gasteiger partial charge in [0, 0.05) is 29.5 Å². The molecule has 0 fully saturated rings. The molecule has 3 nitrogen and oxygen atoms in total. The van der Waals surface area contributed by atoms with Gasteiger partial charge in [-0.2, -0.15) is 0 Å². The molecule has 0 aliphatic carbocycles. The van der Waals surface area contributed by atoms with E-state index in [1.54, 1.807) is 6.20 Å². The van der Waals surface area contributed by atoms with E-state index in [4.69, 9.17) is 4.98 Å². The molecule has 0 radical (unpaired) electrons. The highest BCUT2D eigenvalue weighted by molar-refractivity contribution is 5.99. The van der Waals surface area contributed by atoms with Crippen molar-refractivity contribution in [1.82, 2.24) is 14.5 Å². The predicted octanol–water partition coefficient (Wildman–Crippen LogP) is 4.40. The molecule has 0 N–H and O–H groups in total. The van der Waals surface area contributed by atoms with Gasteiger partial charge in [-0.1, -0.05) is 54.6 Å². The Balaban J connectivity index is 2.03. The zero-order chi connectivity index (χ0) is 14.9. The minimum atomic E-state index is 0.922. The number of imidazole rings is 1. The SMILES string of the molecule is Cc1nccn1-c1ncc(-c2ccccc2)c2ccccc12. The van der Waals surface area contributed by atoms with Crippen LogP contribution in [0.4, 0.5) is 0 Å². The van der Waals surface area contributed by atoms with Crippen molar-refractivity contribution in [2.24, 2.45) is 0 Å². The summed E-state index contributed by atoms with van der Waals surface area (Å²) in [5, 5.41) is 2.33. The molecule has 0 unspecified atom stereocenters. The maximum absolute atomic E-state index is 4.71. The van der Waals surface area contributed by atoms with Crippen molar-refractivity contribution in [3.63, 3.8) is 0 Å². The average Bonchev–Trinajstić information content (AvgIpc) is 3.00. The zero-order valence-electron chi connectivity index (χ0n) is 12.3. The van der Waals surface area contributed by atoms with Gasteiger partial charge in [0.25, 0.3) is 0 Å². The molecular formula is C19H15N3. The molecule has 2 aromatic heterocycles. The lowest BCUT2D eigenvalue weighted by atomic mass is 10.0. The summed E-state index contributed by atoms with van der Waals surface area (Å²) in [6.07, 6.45) is 5.70. The topological polar surface area (TPSA) is 30.7 Å². The standard InChI is InChI=1S/C19H15N3/c1-14-20-11-12-22(14)19-17-10-6-5-9-16(17)18(13-21-19)15-7-3-2-4-8-15/h2-13H,1H3. The van der Waals surface area contributed by atoms with Crippen molar-refractivity contribution < 1.29 is 0 Å². The number of hydrogen-bond donors (Lipinski definition) is 0. The highest BCUT2D eigenvalue weighted by Crippen LogP contribution is 2.30. The summed E-state index contributed by atoms with van der Waals surface area (Å²) in [5.74, 6) is 1.86. The predicted molar refractivity (Wildman–Crippen MR) is 89.0 cm³/mol. The summed E-state index contributed by atoms with van der Waals surface area (Å²) < 4.78 is 2.02. The second-order valence-electron chi connectivity index (χ2n) is 5.25. The molecule has 0 atom stereocenters. The minimum Gasteiger partial charge on any atom is -0.288 e. The van der Waals surface area contributed by atoms with Crippen molar-refractivity contribution in [2.75, 3.05) is 0 Å². The van der Waals surface area contributed by atoms with Crippen LogP contribution in [0.15, 0.2) is 73.2 Å². The fourth-order valence-electron chi connectivity index (χ4n) is 2.82. The first-order valence-electron chi connectivity index (χ1n) is 7.28. The molecule has 0 spiro atoms. The van der Waals surface area contributed by atoms with E-state index in [1.165, 1.54) is 10.9 Å². The first kappa shape index (κ1) is 12.8. The fraction of sp³-hybridized carbons (Fsp3) is 0.0526. The van der Waals surface area contributed by atoms with E-state index in [-0.39, 0.29) is 0 Å². The molecule has 4 aromatic rings. The summed E-state index contributed by atoms with van der Waals surface area (Å²) in [4.78, 5) is 9.01. The first-order valence-corrected chi connectivity index (χ1v) is 7.28. The van der Waals surface area contributed by atoms with Gasteiger partial charge in [-0.05, 0) is 17.9 Å². The summed E-state index contributed by atoms with van der Waals surface area (Å²) in [6.45, 7) is 1.99. The molecule has 0 aliphatic rings. The van der Waals surface area contributed by atoms with E-state index in [2.05, 4.69) is 53.5 Å². The monoisotopic (exact) mass is 285 g/mol. The third-order valence-electron chi connectivity index (χ3n) is 3.91. The van der Waals surface area contributed by atoms with Crippen molar-refractivity contribution in [1.29, 1.82) is 0 Å². The molecule has 0 aliphatic heterocycles. The summed E-state index contributed by atoms with van der Waals surface area (Å²) in [5.41, 5.74) is 2.33. The number of fused-ring (bicyclic) bond motifs is 1. The summed E-state index contributed by atoms with van der Waals surface area (Å²) in [6, 6.07) is 18.8. The number of hydrogen-bond acceptors (Lipinski definition) is 2. The third kappa shape index (κ3) is 1.99. The van der Waals surface area contributed by atoms with E-state index in [9.17, 15) is 0 Å². The lowest BCUT2D eigenvalue weighted by molar-refractivity contribution is 0.944. The minimum absolute atomic E-state index is 0.922. The largest absolute Gasteiger partial charge is 0.288 e. The second kappa shape index (κ2) is 5.11. The van der Waals surface area contributed by atoms with Crippen molar-refractivity contribution in [2.45, 2.75) is 6.92 Å². The Morgan fingerprint density at radius 1 is 0.818 bits per heavy atom. The van der Waals surface area contributed by atoms with Crippen molar-refractivity contribution in [3.8, 4) is 16.9 Å². The summed E-state index contributed by atoms with van der Waals surface area (Å²) >= 11 is 0. The normalized spacial score (nSPS) is 11.0. The van der Waals surface area contributed by atoms with Crippen LogP contribution in [0.25, 0.3) is 27.7 Å². The average molecular weight is 285 g/mol. The number of aromatic nitrogens is 3. The van der Waals surface area contributed by atoms with Gasteiger partial charge in [-0.25, -0.2) is 9.97 Å². The quantitative estimate of drug-likeness (QED) is 0.546. The van der Waals surface area contributed by atoms with Crippen LogP contribution < -0.4 is 0 Å². The molecule has 0 saturated heterocycles. The second-order valence-corrected chi connectivity index (χ2v) is 5.25. The van der Waals surface area contributed by atoms with E-state index in [0.717, 1.165) is 22.6 Å². The zero-order valence-corrected chi connectivity index (χ0v) is 12.3. The Hall–Kier alpha value is -2.94. The van der Waals surface area contributed by atoms with Crippen LogP contribution in [0.5, 0.6) is 0 Å². The van der Waals surface area contributed by atoms with Crippen molar-refractivity contribution in [3.05, 3.63) is 79.0 Å². The fourth-order valence-corrected chi connectivity index (χ4v) is 2.82. The molecular weight excluding hydrogens is 270 g/mol. The van der Waals surface area contributed by atoms with Gasteiger partial charge < -0.3 is 0 Å². The van der Waals surface area contributed by atoms with Gasteiger partial charge in [-0.3, -0.25) is 4.57 Å². The van der Waals surface area contributed by atoms with Gasteiger partial charge in [0.1, 0.15) is 11.6 Å². The Morgan fingerprint density at radius 3 is 2.27 bits per heavy atom. The van der Waals surface area contributed by atoms with Crippen LogP contribution >= 0.6 is 0 Å². The number of benzene rings is 2.